The summed E-state index contributed by atoms with van der Waals surface area (Å²) < 4.78 is 0. The summed E-state index contributed by atoms with van der Waals surface area (Å²) in [6.07, 6.45) is 5.08. The molecule has 1 N–H and O–H groups in total. The Kier molecular flexibility index (Phi) is 3.73. The van der Waals surface area contributed by atoms with Gasteiger partial charge in [0.2, 0.25) is 0 Å². The fourth-order valence-corrected chi connectivity index (χ4v) is 1.91. The summed E-state index contributed by atoms with van der Waals surface area (Å²) in [5.74, 6) is 0.237. The monoisotopic (exact) mass is 170 g/mol. The second kappa shape index (κ2) is 4.61. The van der Waals surface area contributed by atoms with Gasteiger partial charge >= 0.3 is 0 Å². The SMILES string of the molecule is CCC[C@H](O)[C@@H]1CCCCC1=O. The summed E-state index contributed by atoms with van der Waals surface area (Å²) in [6.45, 7) is 2.04. The molecular weight excluding hydrogens is 152 g/mol. The van der Waals surface area contributed by atoms with Gasteiger partial charge in [0, 0.05) is 12.3 Å². The van der Waals surface area contributed by atoms with Crippen molar-refractivity contribution < 1.29 is 9.90 Å². The van der Waals surface area contributed by atoms with E-state index in [-0.39, 0.29) is 17.8 Å². The van der Waals surface area contributed by atoms with Crippen LogP contribution in [0.25, 0.3) is 0 Å². The van der Waals surface area contributed by atoms with Crippen LogP contribution in [0.5, 0.6) is 0 Å². The van der Waals surface area contributed by atoms with Crippen molar-refractivity contribution in [2.75, 3.05) is 0 Å². The Morgan fingerprint density at radius 3 is 2.92 bits per heavy atom. The maximum absolute atomic E-state index is 11.4. The molecule has 1 aliphatic carbocycles. The number of aliphatic hydroxyl groups is 1. The van der Waals surface area contributed by atoms with Gasteiger partial charge in [-0.15, -0.1) is 0 Å². The molecule has 0 bridgehead atoms. The molecule has 0 aromatic carbocycles. The van der Waals surface area contributed by atoms with Gasteiger partial charge in [0.15, 0.2) is 0 Å². The van der Waals surface area contributed by atoms with Crippen molar-refractivity contribution in [2.45, 2.75) is 51.6 Å². The summed E-state index contributed by atoms with van der Waals surface area (Å²) in [7, 11) is 0. The molecule has 2 heteroatoms. The van der Waals surface area contributed by atoms with Crippen LogP contribution < -0.4 is 0 Å². The maximum atomic E-state index is 11.4. The summed E-state index contributed by atoms with van der Waals surface area (Å²) in [5, 5.41) is 9.62. The molecule has 0 aromatic heterocycles. The van der Waals surface area contributed by atoms with Gasteiger partial charge in [0.05, 0.1) is 6.10 Å². The van der Waals surface area contributed by atoms with E-state index in [1.165, 1.54) is 0 Å². The maximum Gasteiger partial charge on any atom is 0.138 e. The number of aliphatic hydroxyl groups excluding tert-OH is 1. The lowest BCUT2D eigenvalue weighted by molar-refractivity contribution is -0.128. The highest BCUT2D eigenvalue weighted by atomic mass is 16.3. The van der Waals surface area contributed by atoms with Gasteiger partial charge in [-0.3, -0.25) is 4.79 Å². The average Bonchev–Trinajstić information content (AvgIpc) is 2.05. The van der Waals surface area contributed by atoms with Gasteiger partial charge in [0.25, 0.3) is 0 Å². The highest BCUT2D eigenvalue weighted by Gasteiger charge is 2.27. The van der Waals surface area contributed by atoms with Crippen LogP contribution in [0.4, 0.5) is 0 Å². The van der Waals surface area contributed by atoms with Crippen LogP contribution in [0.3, 0.4) is 0 Å². The van der Waals surface area contributed by atoms with Crippen LogP contribution >= 0.6 is 0 Å². The zero-order valence-electron chi connectivity index (χ0n) is 7.75. The first kappa shape index (κ1) is 9.72. The van der Waals surface area contributed by atoms with Crippen molar-refractivity contribution in [3.05, 3.63) is 0 Å². The fraction of sp³-hybridized carbons (Fsp3) is 0.900. The zero-order chi connectivity index (χ0) is 8.97. The minimum absolute atomic E-state index is 0.0429. The summed E-state index contributed by atoms with van der Waals surface area (Å²) >= 11 is 0. The van der Waals surface area contributed by atoms with Gasteiger partial charge in [-0.1, -0.05) is 19.8 Å². The molecular formula is C10H18O2. The molecule has 1 fully saturated rings. The molecule has 0 aromatic rings. The second-order valence-corrected chi connectivity index (χ2v) is 3.67. The third kappa shape index (κ3) is 2.31. The van der Waals surface area contributed by atoms with Crippen molar-refractivity contribution in [1.82, 2.24) is 0 Å². The lowest BCUT2D eigenvalue weighted by Gasteiger charge is -2.24. The van der Waals surface area contributed by atoms with E-state index < -0.39 is 0 Å². The highest BCUT2D eigenvalue weighted by molar-refractivity contribution is 5.82. The number of Topliss-reactive ketones (excluding diaryl/α,β-unsaturated/α-hetero) is 1. The Hall–Kier alpha value is -0.370. The quantitative estimate of drug-likeness (QED) is 0.702. The van der Waals surface area contributed by atoms with Crippen molar-refractivity contribution in [1.29, 1.82) is 0 Å². The number of carbonyl (C=O) groups is 1. The molecule has 1 rings (SSSR count). The van der Waals surface area contributed by atoms with Crippen LogP contribution in [0.1, 0.15) is 45.4 Å². The van der Waals surface area contributed by atoms with Crippen molar-refractivity contribution >= 4 is 5.78 Å². The largest absolute Gasteiger partial charge is 0.392 e. The molecule has 12 heavy (non-hydrogen) atoms. The Bertz CT molecular complexity index is 154. The summed E-state index contributed by atoms with van der Waals surface area (Å²) in [5.41, 5.74) is 0. The lowest BCUT2D eigenvalue weighted by atomic mass is 9.83. The Labute approximate surface area is 74.0 Å². The third-order valence-electron chi connectivity index (χ3n) is 2.65. The van der Waals surface area contributed by atoms with Gasteiger partial charge in [-0.2, -0.15) is 0 Å². The van der Waals surface area contributed by atoms with Crippen LogP contribution in [0, 0.1) is 5.92 Å². The van der Waals surface area contributed by atoms with Gasteiger partial charge in [-0.25, -0.2) is 0 Å². The molecule has 0 saturated heterocycles. The number of hydrogen-bond acceptors (Lipinski definition) is 2. The topological polar surface area (TPSA) is 37.3 Å². The van der Waals surface area contributed by atoms with Crippen LogP contribution in [0.15, 0.2) is 0 Å². The first-order chi connectivity index (χ1) is 5.75. The highest BCUT2D eigenvalue weighted by Crippen LogP contribution is 2.25. The van der Waals surface area contributed by atoms with Crippen molar-refractivity contribution in [3.8, 4) is 0 Å². The number of rotatable bonds is 3. The van der Waals surface area contributed by atoms with E-state index in [9.17, 15) is 9.90 Å². The molecule has 0 unspecified atom stereocenters. The minimum atomic E-state index is -0.372. The van der Waals surface area contributed by atoms with Crippen molar-refractivity contribution in [2.24, 2.45) is 5.92 Å². The smallest absolute Gasteiger partial charge is 0.138 e. The van der Waals surface area contributed by atoms with Gasteiger partial charge < -0.3 is 5.11 Å². The third-order valence-corrected chi connectivity index (χ3v) is 2.65. The summed E-state index contributed by atoms with van der Waals surface area (Å²) in [4.78, 5) is 11.4. The molecule has 2 nitrogen and oxygen atoms in total. The molecule has 0 amide bonds. The molecule has 2 atom stereocenters. The van der Waals surface area contributed by atoms with E-state index >= 15 is 0 Å². The first-order valence-electron chi connectivity index (χ1n) is 4.96. The molecule has 0 aliphatic heterocycles. The van der Waals surface area contributed by atoms with Crippen molar-refractivity contribution in [3.63, 3.8) is 0 Å². The lowest BCUT2D eigenvalue weighted by Crippen LogP contribution is -2.30. The van der Waals surface area contributed by atoms with E-state index in [4.69, 9.17) is 0 Å². The zero-order valence-corrected chi connectivity index (χ0v) is 7.75. The Morgan fingerprint density at radius 2 is 2.33 bits per heavy atom. The number of hydrogen-bond donors (Lipinski definition) is 1. The predicted octanol–water partition coefficient (Wildman–Crippen LogP) is 1.91. The molecule has 0 heterocycles. The van der Waals surface area contributed by atoms with E-state index in [1.807, 2.05) is 6.92 Å². The summed E-state index contributed by atoms with van der Waals surface area (Å²) in [6, 6.07) is 0. The molecule has 1 saturated carbocycles. The van der Waals surface area contributed by atoms with E-state index in [0.29, 0.717) is 6.42 Å². The Balaban J connectivity index is 2.42. The van der Waals surface area contributed by atoms with Crippen LogP contribution in [-0.4, -0.2) is 17.0 Å². The predicted molar refractivity (Wildman–Crippen MR) is 47.9 cm³/mol. The van der Waals surface area contributed by atoms with E-state index in [1.54, 1.807) is 0 Å². The van der Waals surface area contributed by atoms with E-state index in [0.717, 1.165) is 32.1 Å². The Morgan fingerprint density at radius 1 is 1.58 bits per heavy atom. The number of ketones is 1. The molecule has 0 radical (unpaired) electrons. The van der Waals surface area contributed by atoms with Gasteiger partial charge in [-0.05, 0) is 19.3 Å². The molecule has 0 spiro atoms. The van der Waals surface area contributed by atoms with Gasteiger partial charge in [0.1, 0.15) is 5.78 Å². The number of carbonyl (C=O) groups excluding carboxylic acids is 1. The standard InChI is InChI=1S/C10H18O2/c1-2-5-9(11)8-6-3-4-7-10(8)12/h8-9,11H,2-7H2,1H3/t8-,9-/m0/s1. The normalized spacial score (nSPS) is 27.2. The first-order valence-corrected chi connectivity index (χ1v) is 4.96. The van der Waals surface area contributed by atoms with Crippen LogP contribution in [-0.2, 0) is 4.79 Å². The molecule has 1 aliphatic rings. The van der Waals surface area contributed by atoms with Crippen LogP contribution in [0.2, 0.25) is 0 Å². The fourth-order valence-electron chi connectivity index (χ4n) is 1.91. The second-order valence-electron chi connectivity index (χ2n) is 3.67. The minimum Gasteiger partial charge on any atom is -0.392 e. The van der Waals surface area contributed by atoms with E-state index in [2.05, 4.69) is 0 Å². The average molecular weight is 170 g/mol. The molecule has 70 valence electrons.